The van der Waals surface area contributed by atoms with Crippen LogP contribution in [0.3, 0.4) is 0 Å². The molecule has 0 aliphatic heterocycles. The number of aryl methyl sites for hydroxylation is 1. The molecule has 2 heterocycles. The Morgan fingerprint density at radius 1 is 1.07 bits per heavy atom. The monoisotopic (exact) mass is 438 g/mol. The highest BCUT2D eigenvalue weighted by atomic mass is 35.5. The van der Waals surface area contributed by atoms with Gasteiger partial charge < -0.3 is 5.32 Å². The van der Waals surface area contributed by atoms with Crippen LogP contribution < -0.4 is 5.32 Å². The summed E-state index contributed by atoms with van der Waals surface area (Å²) in [7, 11) is 0. The molecule has 5 nitrogen and oxygen atoms in total. The van der Waals surface area contributed by atoms with Gasteiger partial charge in [-0.2, -0.15) is 27.1 Å². The van der Waals surface area contributed by atoms with E-state index in [1.165, 1.54) is 25.1 Å². The van der Waals surface area contributed by atoms with Gasteiger partial charge in [-0.25, -0.2) is 9.50 Å². The fourth-order valence-electron chi connectivity index (χ4n) is 2.35. The third kappa shape index (κ3) is 3.61. The van der Waals surface area contributed by atoms with Crippen LogP contribution in [0.15, 0.2) is 30.3 Å². The largest absolute Gasteiger partial charge is 0.459 e. The number of anilines is 1. The molecule has 0 bridgehead atoms. The van der Waals surface area contributed by atoms with Crippen molar-refractivity contribution in [2.24, 2.45) is 0 Å². The maximum absolute atomic E-state index is 13.9. The van der Waals surface area contributed by atoms with Gasteiger partial charge in [-0.1, -0.05) is 23.2 Å². The Balaban J connectivity index is 2.03. The van der Waals surface area contributed by atoms with Crippen LogP contribution in [0.4, 0.5) is 27.6 Å². The summed E-state index contributed by atoms with van der Waals surface area (Å²) < 4.78 is 66.4. The molecule has 1 amide bonds. The highest BCUT2D eigenvalue weighted by Gasteiger charge is 2.60. The van der Waals surface area contributed by atoms with Crippen LogP contribution in [-0.4, -0.2) is 26.7 Å². The predicted molar refractivity (Wildman–Crippen MR) is 92.1 cm³/mol. The lowest BCUT2D eigenvalue weighted by Crippen LogP contribution is -2.36. The fourth-order valence-corrected chi connectivity index (χ4v) is 2.65. The Labute approximate surface area is 164 Å². The molecule has 0 spiro atoms. The molecule has 0 saturated heterocycles. The van der Waals surface area contributed by atoms with E-state index in [4.69, 9.17) is 23.2 Å². The molecule has 0 aliphatic carbocycles. The highest BCUT2D eigenvalue weighted by Crippen LogP contribution is 2.43. The normalized spacial score (nSPS) is 12.4. The zero-order chi connectivity index (χ0) is 20.9. The number of hydrogen-bond acceptors (Lipinski definition) is 3. The Morgan fingerprint density at radius 2 is 1.75 bits per heavy atom. The molecule has 0 saturated carbocycles. The first kappa shape index (κ1) is 20.3. The van der Waals surface area contributed by atoms with Gasteiger partial charge in [-0.3, -0.25) is 4.79 Å². The van der Waals surface area contributed by atoms with E-state index in [2.05, 4.69) is 15.4 Å². The average Bonchev–Trinajstić information content (AvgIpc) is 3.00. The quantitative estimate of drug-likeness (QED) is 0.568. The molecule has 1 N–H and O–H groups in total. The molecule has 28 heavy (non-hydrogen) atoms. The number of halogens is 7. The van der Waals surface area contributed by atoms with Gasteiger partial charge in [0.1, 0.15) is 5.69 Å². The third-order valence-corrected chi connectivity index (χ3v) is 4.38. The molecule has 3 aromatic rings. The molecule has 0 unspecified atom stereocenters. The first-order chi connectivity index (χ1) is 12.9. The minimum absolute atomic E-state index is 0.0947. The number of amides is 1. The van der Waals surface area contributed by atoms with E-state index in [9.17, 15) is 26.7 Å². The van der Waals surface area contributed by atoms with E-state index >= 15 is 0 Å². The fraction of sp³-hybridized carbons (Fsp3) is 0.188. The first-order valence-electron chi connectivity index (χ1n) is 7.49. The van der Waals surface area contributed by atoms with E-state index < -0.39 is 29.4 Å². The highest BCUT2D eigenvalue weighted by molar-refractivity contribution is 6.42. The number of nitrogens with one attached hydrogen (secondary N) is 1. The molecule has 0 aliphatic rings. The van der Waals surface area contributed by atoms with Crippen molar-refractivity contribution in [3.63, 3.8) is 0 Å². The molecule has 0 radical (unpaired) electrons. The van der Waals surface area contributed by atoms with Crippen molar-refractivity contribution in [1.82, 2.24) is 14.6 Å². The summed E-state index contributed by atoms with van der Waals surface area (Å²) in [6.07, 6.45) is -5.85. The van der Waals surface area contributed by atoms with Crippen molar-refractivity contribution in [2.45, 2.75) is 19.0 Å². The molecule has 1 aromatic carbocycles. The maximum Gasteiger partial charge on any atom is 0.459 e. The van der Waals surface area contributed by atoms with Crippen LogP contribution in [0.5, 0.6) is 0 Å². The van der Waals surface area contributed by atoms with Crippen molar-refractivity contribution in [1.29, 1.82) is 0 Å². The second-order valence-electron chi connectivity index (χ2n) is 5.74. The standard InChI is InChI=1S/C16H9Cl2F5N4O/c1-7-4-12(15(19,20)16(21,22)23)27-13(24-7)6-11(26-27)14(28)25-8-2-3-9(17)10(18)5-8/h2-6H,1H3,(H,25,28). The Kier molecular flexibility index (Phi) is 4.96. The van der Waals surface area contributed by atoms with Crippen molar-refractivity contribution in [3.05, 3.63) is 57.5 Å². The molecular formula is C16H9Cl2F5N4O. The SMILES string of the molecule is Cc1cc(C(F)(F)C(F)(F)F)n2nc(C(=O)Nc3ccc(Cl)c(Cl)c3)cc2n1. The zero-order valence-corrected chi connectivity index (χ0v) is 15.3. The minimum atomic E-state index is -5.85. The number of carbonyl (C=O) groups excluding carboxylic acids is 1. The Morgan fingerprint density at radius 3 is 2.36 bits per heavy atom. The van der Waals surface area contributed by atoms with Gasteiger partial charge in [0.15, 0.2) is 11.3 Å². The lowest BCUT2D eigenvalue weighted by Gasteiger charge is -2.20. The second kappa shape index (κ2) is 6.85. The van der Waals surface area contributed by atoms with Gasteiger partial charge in [0, 0.05) is 17.4 Å². The van der Waals surface area contributed by atoms with Crippen LogP contribution >= 0.6 is 23.2 Å². The number of benzene rings is 1. The summed E-state index contributed by atoms with van der Waals surface area (Å²) in [5, 5.41) is 6.36. The number of rotatable bonds is 3. The minimum Gasteiger partial charge on any atom is -0.321 e. The van der Waals surface area contributed by atoms with Crippen molar-refractivity contribution in [2.75, 3.05) is 5.32 Å². The first-order valence-corrected chi connectivity index (χ1v) is 8.24. The van der Waals surface area contributed by atoms with E-state index in [0.717, 1.165) is 6.07 Å². The van der Waals surface area contributed by atoms with Crippen LogP contribution in [0.1, 0.15) is 21.9 Å². The molecule has 12 heteroatoms. The van der Waals surface area contributed by atoms with Gasteiger partial charge in [0.05, 0.1) is 10.0 Å². The maximum atomic E-state index is 13.9. The molecule has 0 atom stereocenters. The van der Waals surface area contributed by atoms with Crippen molar-refractivity contribution < 1.29 is 26.7 Å². The van der Waals surface area contributed by atoms with E-state index in [1.54, 1.807) is 0 Å². The van der Waals surface area contributed by atoms with Crippen molar-refractivity contribution in [3.8, 4) is 0 Å². The average molecular weight is 439 g/mol. The van der Waals surface area contributed by atoms with Gasteiger partial charge in [-0.15, -0.1) is 0 Å². The van der Waals surface area contributed by atoms with E-state index in [0.29, 0.717) is 10.6 Å². The molecular weight excluding hydrogens is 430 g/mol. The van der Waals surface area contributed by atoms with Crippen LogP contribution in [-0.2, 0) is 5.92 Å². The van der Waals surface area contributed by atoms with Crippen molar-refractivity contribution >= 4 is 40.4 Å². The molecule has 3 rings (SSSR count). The number of nitrogens with zero attached hydrogens (tertiary/aromatic N) is 3. The topological polar surface area (TPSA) is 59.3 Å². The van der Waals surface area contributed by atoms with Crippen LogP contribution in [0.25, 0.3) is 5.65 Å². The lowest BCUT2D eigenvalue weighted by molar-refractivity contribution is -0.291. The number of fused-ring (bicyclic) bond motifs is 1. The molecule has 0 fully saturated rings. The zero-order valence-electron chi connectivity index (χ0n) is 13.8. The third-order valence-electron chi connectivity index (χ3n) is 3.64. The number of carbonyl (C=O) groups is 1. The summed E-state index contributed by atoms with van der Waals surface area (Å²) in [5.74, 6) is -6.05. The van der Waals surface area contributed by atoms with Crippen LogP contribution in [0, 0.1) is 6.92 Å². The van der Waals surface area contributed by atoms with Crippen LogP contribution in [0.2, 0.25) is 10.0 Å². The number of alkyl halides is 5. The van der Waals surface area contributed by atoms with Gasteiger partial charge in [0.25, 0.3) is 5.91 Å². The summed E-state index contributed by atoms with van der Waals surface area (Å²) in [6, 6.07) is 5.73. The molecule has 2 aromatic heterocycles. The van der Waals surface area contributed by atoms with Gasteiger partial charge in [-0.05, 0) is 31.2 Å². The summed E-state index contributed by atoms with van der Waals surface area (Å²) >= 11 is 11.6. The number of aromatic nitrogens is 3. The lowest BCUT2D eigenvalue weighted by atomic mass is 10.2. The van der Waals surface area contributed by atoms with E-state index in [1.807, 2.05) is 0 Å². The summed E-state index contributed by atoms with van der Waals surface area (Å²) in [6.45, 7) is 1.25. The van der Waals surface area contributed by atoms with E-state index in [-0.39, 0.29) is 27.1 Å². The predicted octanol–water partition coefficient (Wildman–Crippen LogP) is 5.25. The van der Waals surface area contributed by atoms with Gasteiger partial charge in [0.2, 0.25) is 0 Å². The smallest absolute Gasteiger partial charge is 0.321 e. The summed E-state index contributed by atoms with van der Waals surface area (Å²) in [5.41, 5.74) is -2.07. The Bertz CT molecular complexity index is 1080. The number of hydrogen-bond donors (Lipinski definition) is 1. The molecule has 148 valence electrons. The Hall–Kier alpha value is -2.46. The summed E-state index contributed by atoms with van der Waals surface area (Å²) in [4.78, 5) is 16.2. The second-order valence-corrected chi connectivity index (χ2v) is 6.55. The van der Waals surface area contributed by atoms with Gasteiger partial charge >= 0.3 is 12.1 Å².